The van der Waals surface area contributed by atoms with Crippen LogP contribution in [0.3, 0.4) is 0 Å². The molecule has 4 aliphatic rings. The Bertz CT molecular complexity index is 2080. The molecule has 1 aliphatic carbocycles. The summed E-state index contributed by atoms with van der Waals surface area (Å²) in [7, 11) is 1.70. The number of rotatable bonds is 19. The highest BCUT2D eigenvalue weighted by Crippen LogP contribution is 2.37. The van der Waals surface area contributed by atoms with Crippen molar-refractivity contribution in [3.8, 4) is 0 Å². The molecule has 63 heavy (non-hydrogen) atoms. The van der Waals surface area contributed by atoms with Crippen LogP contribution in [0.15, 0.2) is 49.1 Å². The fraction of sp³-hybridized carbons (Fsp3) is 0.581. The molecule has 7 rings (SSSR count). The van der Waals surface area contributed by atoms with Crippen LogP contribution in [0.5, 0.6) is 0 Å². The molecule has 4 fully saturated rings. The van der Waals surface area contributed by atoms with E-state index in [-0.39, 0.29) is 65.0 Å². The number of ether oxygens (including phenoxy) is 2. The van der Waals surface area contributed by atoms with E-state index in [9.17, 15) is 37.1 Å². The molecule has 3 atom stereocenters. The van der Waals surface area contributed by atoms with Gasteiger partial charge in [-0.1, -0.05) is 6.07 Å². The lowest BCUT2D eigenvalue weighted by Gasteiger charge is -2.45. The van der Waals surface area contributed by atoms with Gasteiger partial charge in [0.05, 0.1) is 55.4 Å². The Labute approximate surface area is 363 Å². The van der Waals surface area contributed by atoms with Gasteiger partial charge in [0.2, 0.25) is 29.5 Å². The molecule has 1 aromatic carbocycles. The number of alkyl halides is 3. The van der Waals surface area contributed by atoms with E-state index in [2.05, 4.69) is 41.1 Å². The molecule has 0 unspecified atom stereocenters. The Balaban J connectivity index is 0.696. The minimum atomic E-state index is -4.53. The lowest BCUT2D eigenvalue weighted by molar-refractivity contribution is -0.137. The molecule has 0 radical (unpaired) electrons. The third-order valence-electron chi connectivity index (χ3n) is 12.5. The number of aromatic nitrogens is 3. The average Bonchev–Trinajstić information content (AvgIpc) is 3.76. The second kappa shape index (κ2) is 20.8. The van der Waals surface area contributed by atoms with Crippen LogP contribution in [0.25, 0.3) is 10.9 Å². The van der Waals surface area contributed by atoms with Crippen LogP contribution in [0, 0.1) is 17.8 Å². The summed E-state index contributed by atoms with van der Waals surface area (Å²) < 4.78 is 51.2. The molecule has 17 nitrogen and oxygen atoms in total. The van der Waals surface area contributed by atoms with Crippen LogP contribution >= 0.6 is 0 Å². The highest BCUT2D eigenvalue weighted by atomic mass is 19.4. The van der Waals surface area contributed by atoms with Gasteiger partial charge in [0.15, 0.2) is 0 Å². The maximum Gasteiger partial charge on any atom is 0.416 e. The largest absolute Gasteiger partial charge is 0.416 e. The number of likely N-dealkylation sites (tertiary alicyclic amines) is 3. The van der Waals surface area contributed by atoms with Crippen LogP contribution in [0.2, 0.25) is 0 Å². The Morgan fingerprint density at radius 3 is 2.24 bits per heavy atom. The number of anilines is 1. The molecule has 1 saturated carbocycles. The second-order valence-corrected chi connectivity index (χ2v) is 16.6. The average molecular weight is 881 g/mol. The first-order valence-electron chi connectivity index (χ1n) is 21.6. The third-order valence-corrected chi connectivity index (χ3v) is 12.5. The van der Waals surface area contributed by atoms with Gasteiger partial charge < -0.3 is 40.5 Å². The predicted molar refractivity (Wildman–Crippen MR) is 222 cm³/mol. The van der Waals surface area contributed by atoms with E-state index < -0.39 is 23.7 Å². The zero-order valence-electron chi connectivity index (χ0n) is 35.3. The number of nitrogens with zero attached hydrogens (tertiary/aromatic N) is 6. The van der Waals surface area contributed by atoms with E-state index >= 15 is 0 Å². The van der Waals surface area contributed by atoms with Crippen molar-refractivity contribution in [3.63, 3.8) is 0 Å². The van der Waals surface area contributed by atoms with Gasteiger partial charge in [-0.3, -0.25) is 33.9 Å². The number of halogens is 3. The van der Waals surface area contributed by atoms with Crippen molar-refractivity contribution in [1.82, 2.24) is 45.6 Å². The Morgan fingerprint density at radius 2 is 1.54 bits per heavy atom. The first-order chi connectivity index (χ1) is 30.4. The summed E-state index contributed by atoms with van der Waals surface area (Å²) >= 11 is 0. The van der Waals surface area contributed by atoms with Crippen molar-refractivity contribution in [1.29, 1.82) is 0 Å². The van der Waals surface area contributed by atoms with Gasteiger partial charge in [-0.2, -0.15) is 13.2 Å². The number of hydrogen-bond donors (Lipinski definition) is 4. The fourth-order valence-electron chi connectivity index (χ4n) is 8.95. The normalized spacial score (nSPS) is 23.2. The fourth-order valence-corrected chi connectivity index (χ4v) is 8.95. The zero-order valence-corrected chi connectivity index (χ0v) is 35.3. The van der Waals surface area contributed by atoms with Crippen molar-refractivity contribution in [2.75, 3.05) is 84.6 Å². The number of fused-ring (bicyclic) bond motifs is 1. The molecule has 5 heterocycles. The smallest absolute Gasteiger partial charge is 0.377 e. The first-order valence-corrected chi connectivity index (χ1v) is 21.6. The number of hydrogen-bond acceptors (Lipinski definition) is 12. The predicted octanol–water partition coefficient (Wildman–Crippen LogP) is 2.15. The number of carbonyl (C=O) groups is 5. The number of benzene rings is 1. The lowest BCUT2D eigenvalue weighted by Crippen LogP contribution is -2.58. The van der Waals surface area contributed by atoms with Gasteiger partial charge in [0.25, 0.3) is 0 Å². The summed E-state index contributed by atoms with van der Waals surface area (Å²) in [5.74, 6) is -1.07. The van der Waals surface area contributed by atoms with E-state index in [0.29, 0.717) is 90.2 Å². The number of amides is 5. The van der Waals surface area contributed by atoms with Crippen LogP contribution in [0.1, 0.15) is 55.7 Å². The summed E-state index contributed by atoms with van der Waals surface area (Å²) in [5, 5.41) is 12.0. The highest BCUT2D eigenvalue weighted by Gasteiger charge is 2.43. The Morgan fingerprint density at radius 1 is 0.841 bits per heavy atom. The maximum absolute atomic E-state index is 13.3. The zero-order chi connectivity index (χ0) is 44.5. The summed E-state index contributed by atoms with van der Waals surface area (Å²) in [6, 6.07) is 6.19. The highest BCUT2D eigenvalue weighted by molar-refractivity contribution is 5.93. The molecular weight excluding hydrogens is 826 g/mol. The van der Waals surface area contributed by atoms with Crippen molar-refractivity contribution in [2.24, 2.45) is 17.8 Å². The number of carbonyl (C=O) groups excluding carboxylic acids is 5. The van der Waals surface area contributed by atoms with Crippen molar-refractivity contribution >= 4 is 46.3 Å². The number of pyridine rings is 1. The molecule has 2 aromatic heterocycles. The summed E-state index contributed by atoms with van der Waals surface area (Å²) in [6.07, 6.45) is 3.84. The Hall–Kier alpha value is -5.47. The molecule has 0 spiro atoms. The van der Waals surface area contributed by atoms with Gasteiger partial charge in [0.1, 0.15) is 18.2 Å². The van der Waals surface area contributed by atoms with Crippen LogP contribution < -0.4 is 21.3 Å². The second-order valence-electron chi connectivity index (χ2n) is 16.6. The van der Waals surface area contributed by atoms with Crippen LogP contribution in [-0.2, 0) is 39.6 Å². The van der Waals surface area contributed by atoms with Gasteiger partial charge in [-0.25, -0.2) is 9.97 Å². The Kier molecular flexibility index (Phi) is 15.0. The minimum Gasteiger partial charge on any atom is -0.377 e. The maximum atomic E-state index is 13.3. The van der Waals surface area contributed by atoms with Gasteiger partial charge in [-0.15, -0.1) is 0 Å². The van der Waals surface area contributed by atoms with Gasteiger partial charge in [-0.05, 0) is 61.9 Å². The van der Waals surface area contributed by atoms with E-state index in [4.69, 9.17) is 9.47 Å². The van der Waals surface area contributed by atoms with Crippen LogP contribution in [-0.4, -0.2) is 151 Å². The van der Waals surface area contributed by atoms with Crippen LogP contribution in [0.4, 0.5) is 19.0 Å². The van der Waals surface area contributed by atoms with Gasteiger partial charge >= 0.3 is 6.18 Å². The van der Waals surface area contributed by atoms with E-state index in [1.165, 1.54) is 12.4 Å². The number of nitrogens with one attached hydrogen (secondary N) is 4. The molecule has 3 aromatic rings. The van der Waals surface area contributed by atoms with Crippen molar-refractivity contribution < 1.29 is 46.6 Å². The molecule has 3 saturated heterocycles. The van der Waals surface area contributed by atoms with Crippen molar-refractivity contribution in [2.45, 2.75) is 62.8 Å². The molecule has 0 bridgehead atoms. The van der Waals surface area contributed by atoms with E-state index in [1.807, 2.05) is 6.07 Å². The summed E-state index contributed by atoms with van der Waals surface area (Å²) in [4.78, 5) is 81.9. The molecule has 3 aliphatic heterocycles. The minimum absolute atomic E-state index is 0.00327. The van der Waals surface area contributed by atoms with Crippen molar-refractivity contribution in [3.05, 3.63) is 60.2 Å². The van der Waals surface area contributed by atoms with Gasteiger partial charge in [0, 0.05) is 89.0 Å². The molecular formula is C43H55F3N10O7. The third kappa shape index (κ3) is 11.4. The standard InChI is InChI=1S/C43H55F3N10O7/c1-54-36(57)22-33(37(54)28-3-2-11-47-23-28)41(60)50-14-18-63-20-19-62-17-13-49-40(59)29-24-56(25-29)31-7-4-27(5-8-31)39(58)48-12-16-55-15-10-35(42(55)61)53-38-32-21-30(43(44,45)46)6-9-34(32)51-26-52-38/h2-3,6,9,11,21,23,26-27,29,31,33,35,37H,4-5,7-8,10,12-20,22,24-25H2,1H3,(H,48,58)(H,49,59)(H,50,60)(H,51,52,53)/t27?,31?,33-,35-,37+/m0/s1. The SMILES string of the molecule is CN1C(=O)C[C@H](C(=O)NCCOCCOCCNC(=O)C2CN(C3CCC(C(=O)NCCN4CC[C@H](Nc5ncnc6ccc(C(F)(F)F)cc56)C4=O)CC3)C2)[C@H]1c1cccnc1. The lowest BCUT2D eigenvalue weighted by atomic mass is 9.82. The molecule has 20 heteroatoms. The summed E-state index contributed by atoms with van der Waals surface area (Å²) in [6.45, 7) is 4.43. The topological polar surface area (TPSA) is 200 Å². The monoisotopic (exact) mass is 880 g/mol. The molecule has 340 valence electrons. The molecule has 5 amide bonds. The summed E-state index contributed by atoms with van der Waals surface area (Å²) in [5.41, 5.74) is 0.330. The quantitative estimate of drug-likeness (QED) is 0.128. The van der Waals surface area contributed by atoms with E-state index in [1.54, 1.807) is 35.3 Å². The molecule has 4 N–H and O–H groups in total. The van der Waals surface area contributed by atoms with E-state index in [0.717, 1.165) is 43.4 Å². The first kappa shape index (κ1) is 45.6.